The minimum atomic E-state index is -0.602. The predicted molar refractivity (Wildman–Crippen MR) is 54.5 cm³/mol. The molecule has 3 nitrogen and oxygen atoms in total. The van der Waals surface area contributed by atoms with E-state index in [9.17, 15) is 5.11 Å². The highest BCUT2D eigenvalue weighted by Gasteiger charge is 2.45. The van der Waals surface area contributed by atoms with Gasteiger partial charge in [-0.1, -0.05) is 13.8 Å². The maximum atomic E-state index is 10.4. The van der Waals surface area contributed by atoms with Crippen molar-refractivity contribution in [2.75, 3.05) is 19.6 Å². The fourth-order valence-corrected chi connectivity index (χ4v) is 2.07. The van der Waals surface area contributed by atoms with E-state index in [0.717, 1.165) is 25.8 Å². The average Bonchev–Trinajstić information content (AvgIpc) is 2.17. The van der Waals surface area contributed by atoms with Crippen LogP contribution >= 0.6 is 0 Å². The van der Waals surface area contributed by atoms with Crippen molar-refractivity contribution in [1.29, 1.82) is 0 Å². The first-order valence-electron chi connectivity index (χ1n) is 5.21. The maximum absolute atomic E-state index is 10.4. The van der Waals surface area contributed by atoms with E-state index >= 15 is 0 Å². The molecule has 78 valence electrons. The molecule has 0 saturated carbocycles. The molecule has 0 amide bonds. The van der Waals surface area contributed by atoms with Gasteiger partial charge in [0, 0.05) is 18.5 Å². The van der Waals surface area contributed by atoms with Crippen molar-refractivity contribution in [3.63, 3.8) is 0 Å². The zero-order valence-electron chi connectivity index (χ0n) is 8.77. The Kier molecular flexibility index (Phi) is 3.33. The molecule has 0 aromatic heterocycles. The number of aliphatic hydroxyl groups is 1. The SMILES string of the molecule is CCC(C)(CN)C1(O)CCCNC1. The number of nitrogens with one attached hydrogen (secondary N) is 1. The van der Waals surface area contributed by atoms with Gasteiger partial charge in [0.05, 0.1) is 5.60 Å². The summed E-state index contributed by atoms with van der Waals surface area (Å²) in [7, 11) is 0. The fourth-order valence-electron chi connectivity index (χ4n) is 2.07. The van der Waals surface area contributed by atoms with Crippen molar-refractivity contribution in [3.05, 3.63) is 0 Å². The number of hydrogen-bond donors (Lipinski definition) is 3. The van der Waals surface area contributed by atoms with Gasteiger partial charge in [-0.25, -0.2) is 0 Å². The lowest BCUT2D eigenvalue weighted by Gasteiger charge is -2.46. The van der Waals surface area contributed by atoms with Crippen LogP contribution in [0.2, 0.25) is 0 Å². The molecule has 2 atom stereocenters. The first-order valence-corrected chi connectivity index (χ1v) is 5.21. The van der Waals surface area contributed by atoms with Crippen molar-refractivity contribution in [2.45, 2.75) is 38.7 Å². The van der Waals surface area contributed by atoms with Crippen LogP contribution in [0, 0.1) is 5.41 Å². The van der Waals surface area contributed by atoms with E-state index in [-0.39, 0.29) is 5.41 Å². The van der Waals surface area contributed by atoms with Gasteiger partial charge in [0.1, 0.15) is 0 Å². The molecule has 0 aliphatic carbocycles. The molecule has 1 saturated heterocycles. The molecule has 0 radical (unpaired) electrons. The molecule has 13 heavy (non-hydrogen) atoms. The van der Waals surface area contributed by atoms with E-state index in [2.05, 4.69) is 19.2 Å². The van der Waals surface area contributed by atoms with Crippen LogP contribution < -0.4 is 11.1 Å². The Hall–Kier alpha value is -0.120. The van der Waals surface area contributed by atoms with Gasteiger partial charge < -0.3 is 16.2 Å². The summed E-state index contributed by atoms with van der Waals surface area (Å²) in [6, 6.07) is 0. The quantitative estimate of drug-likeness (QED) is 0.601. The second-order valence-corrected chi connectivity index (χ2v) is 4.43. The molecule has 3 heteroatoms. The van der Waals surface area contributed by atoms with E-state index in [1.165, 1.54) is 0 Å². The van der Waals surface area contributed by atoms with Crippen molar-refractivity contribution in [3.8, 4) is 0 Å². The molecule has 1 aliphatic heterocycles. The van der Waals surface area contributed by atoms with Crippen LogP contribution in [0.15, 0.2) is 0 Å². The molecule has 0 aromatic rings. The van der Waals surface area contributed by atoms with E-state index < -0.39 is 5.60 Å². The highest BCUT2D eigenvalue weighted by Crippen LogP contribution is 2.37. The molecular weight excluding hydrogens is 164 g/mol. The number of rotatable bonds is 3. The van der Waals surface area contributed by atoms with E-state index in [0.29, 0.717) is 13.1 Å². The molecule has 0 bridgehead atoms. The maximum Gasteiger partial charge on any atom is 0.0837 e. The summed E-state index contributed by atoms with van der Waals surface area (Å²) < 4.78 is 0. The summed E-state index contributed by atoms with van der Waals surface area (Å²) >= 11 is 0. The van der Waals surface area contributed by atoms with Crippen LogP contribution in [0.1, 0.15) is 33.1 Å². The summed E-state index contributed by atoms with van der Waals surface area (Å²) in [5.74, 6) is 0. The summed E-state index contributed by atoms with van der Waals surface area (Å²) in [5, 5.41) is 13.7. The highest BCUT2D eigenvalue weighted by atomic mass is 16.3. The lowest BCUT2D eigenvalue weighted by Crippen LogP contribution is -2.58. The van der Waals surface area contributed by atoms with Crippen molar-refractivity contribution < 1.29 is 5.11 Å². The monoisotopic (exact) mass is 186 g/mol. The molecule has 1 heterocycles. The topological polar surface area (TPSA) is 58.3 Å². The Bertz CT molecular complexity index is 160. The molecule has 1 fully saturated rings. The van der Waals surface area contributed by atoms with Gasteiger partial charge in [0.15, 0.2) is 0 Å². The molecule has 2 unspecified atom stereocenters. The molecule has 0 aromatic carbocycles. The fraction of sp³-hybridized carbons (Fsp3) is 1.00. The van der Waals surface area contributed by atoms with E-state index in [1.54, 1.807) is 0 Å². The second kappa shape index (κ2) is 3.95. The Morgan fingerprint density at radius 3 is 2.69 bits per heavy atom. The summed E-state index contributed by atoms with van der Waals surface area (Å²) in [6.45, 7) is 6.45. The zero-order chi connectivity index (χ0) is 9.95. The van der Waals surface area contributed by atoms with Crippen LogP contribution in [-0.2, 0) is 0 Å². The Morgan fingerprint density at radius 1 is 1.62 bits per heavy atom. The number of β-amino-alcohol motifs (C(OH)–C–C–N with tert-alkyl or cyclic N) is 1. The van der Waals surface area contributed by atoms with Gasteiger partial charge >= 0.3 is 0 Å². The molecule has 4 N–H and O–H groups in total. The standard InChI is InChI=1S/C10H22N2O/c1-3-9(2,7-11)10(13)5-4-6-12-8-10/h12-13H,3-8,11H2,1-2H3. The van der Waals surface area contributed by atoms with Gasteiger partial charge in [0.25, 0.3) is 0 Å². The summed E-state index contributed by atoms with van der Waals surface area (Å²) in [5.41, 5.74) is 5.00. The minimum absolute atomic E-state index is 0.138. The van der Waals surface area contributed by atoms with Crippen molar-refractivity contribution in [2.24, 2.45) is 11.1 Å². The lowest BCUT2D eigenvalue weighted by atomic mass is 9.68. The van der Waals surface area contributed by atoms with Crippen LogP contribution in [0.3, 0.4) is 0 Å². The van der Waals surface area contributed by atoms with Gasteiger partial charge in [-0.3, -0.25) is 0 Å². The zero-order valence-corrected chi connectivity index (χ0v) is 8.77. The van der Waals surface area contributed by atoms with Crippen molar-refractivity contribution in [1.82, 2.24) is 5.32 Å². The summed E-state index contributed by atoms with van der Waals surface area (Å²) in [4.78, 5) is 0. The molecule has 1 aliphatic rings. The third-order valence-corrected chi connectivity index (χ3v) is 3.72. The molecule has 0 spiro atoms. The first kappa shape index (κ1) is 11.0. The predicted octanol–water partition coefficient (Wildman–Crippen LogP) is 0.476. The van der Waals surface area contributed by atoms with E-state index in [1.807, 2.05) is 0 Å². The van der Waals surface area contributed by atoms with Crippen LogP contribution in [0.25, 0.3) is 0 Å². The number of piperidine rings is 1. The molecule has 1 rings (SSSR count). The lowest BCUT2D eigenvalue weighted by molar-refractivity contribution is -0.0884. The Balaban J connectivity index is 2.74. The molecular formula is C10H22N2O. The Labute approximate surface area is 80.7 Å². The minimum Gasteiger partial charge on any atom is -0.388 e. The van der Waals surface area contributed by atoms with Gasteiger partial charge in [0.2, 0.25) is 0 Å². The number of nitrogens with two attached hydrogens (primary N) is 1. The highest BCUT2D eigenvalue weighted by molar-refractivity contribution is 4.99. The van der Waals surface area contributed by atoms with Crippen LogP contribution in [0.4, 0.5) is 0 Å². The second-order valence-electron chi connectivity index (χ2n) is 4.43. The van der Waals surface area contributed by atoms with Crippen molar-refractivity contribution >= 4 is 0 Å². The van der Waals surface area contributed by atoms with Gasteiger partial charge in [-0.2, -0.15) is 0 Å². The summed E-state index contributed by atoms with van der Waals surface area (Å²) in [6.07, 6.45) is 2.86. The normalized spacial score (nSPS) is 34.2. The Morgan fingerprint density at radius 2 is 2.31 bits per heavy atom. The number of hydrogen-bond acceptors (Lipinski definition) is 3. The third kappa shape index (κ3) is 1.87. The average molecular weight is 186 g/mol. The van der Waals surface area contributed by atoms with Crippen LogP contribution in [0.5, 0.6) is 0 Å². The van der Waals surface area contributed by atoms with Crippen LogP contribution in [-0.4, -0.2) is 30.3 Å². The third-order valence-electron chi connectivity index (χ3n) is 3.72. The van der Waals surface area contributed by atoms with Gasteiger partial charge in [-0.15, -0.1) is 0 Å². The van der Waals surface area contributed by atoms with E-state index in [4.69, 9.17) is 5.73 Å². The smallest absolute Gasteiger partial charge is 0.0837 e. The largest absolute Gasteiger partial charge is 0.388 e. The first-order chi connectivity index (χ1) is 6.08. The van der Waals surface area contributed by atoms with Gasteiger partial charge in [-0.05, 0) is 25.8 Å².